The minimum Gasteiger partial charge on any atom is -0.455 e. The molecule has 0 atom stereocenters. The van der Waals surface area contributed by atoms with Gasteiger partial charge in [-0.2, -0.15) is 0 Å². The first kappa shape index (κ1) is 19.5. The molecule has 0 saturated carbocycles. The van der Waals surface area contributed by atoms with Crippen molar-refractivity contribution in [3.05, 3.63) is 90.1 Å². The van der Waals surface area contributed by atoms with Gasteiger partial charge in [-0.05, 0) is 69.1 Å². The maximum atomic E-state index is 9.17. The van der Waals surface area contributed by atoms with Crippen molar-refractivity contribution in [3.8, 4) is 11.3 Å². The molecule has 37 heavy (non-hydrogen) atoms. The van der Waals surface area contributed by atoms with Crippen LogP contribution in [0, 0.1) is 10.8 Å². The zero-order valence-corrected chi connectivity index (χ0v) is 22.4. The summed E-state index contributed by atoms with van der Waals surface area (Å²) in [4.78, 5) is 4.75. The third-order valence-electron chi connectivity index (χ3n) is 6.57. The molecule has 0 radical (unpaired) electrons. The molecule has 4 aromatic carbocycles. The summed E-state index contributed by atoms with van der Waals surface area (Å²) in [5.41, 5.74) is 1.86. The number of hydrogen-bond acceptors (Lipinski definition) is 2. The fourth-order valence-corrected chi connectivity index (χ4v) is 5.16. The van der Waals surface area contributed by atoms with Gasteiger partial charge in [-0.15, -0.1) is 0 Å². The molecule has 2 heteroatoms. The molecule has 0 aliphatic carbocycles. The Bertz CT molecular complexity index is 1970. The molecule has 6 aromatic rings. The Morgan fingerprint density at radius 1 is 0.676 bits per heavy atom. The van der Waals surface area contributed by atoms with Crippen LogP contribution in [0.3, 0.4) is 0 Å². The summed E-state index contributed by atoms with van der Waals surface area (Å²) in [6.45, 7) is 11.0. The number of rotatable bonds is 3. The predicted octanol–water partition coefficient (Wildman–Crippen LogP) is 10.1. The number of fused-ring (bicyclic) bond motifs is 7. The van der Waals surface area contributed by atoms with E-state index >= 15 is 0 Å². The van der Waals surface area contributed by atoms with E-state index in [2.05, 4.69) is 36.4 Å². The largest absolute Gasteiger partial charge is 0.455 e. The van der Waals surface area contributed by atoms with Crippen molar-refractivity contribution in [2.45, 2.75) is 54.3 Å². The fourth-order valence-electron chi connectivity index (χ4n) is 5.16. The second-order valence-electron chi connectivity index (χ2n) is 12.0. The molecule has 0 bridgehead atoms. The van der Waals surface area contributed by atoms with Crippen LogP contribution < -0.4 is 0 Å². The van der Waals surface area contributed by atoms with Crippen molar-refractivity contribution in [2.75, 3.05) is 0 Å². The monoisotopic (exact) mass is 489 g/mol. The second kappa shape index (κ2) is 8.45. The van der Waals surface area contributed by atoms with Gasteiger partial charge in [0, 0.05) is 33.4 Å². The molecule has 0 fully saturated rings. The molecule has 186 valence electrons. The number of nitrogens with zero attached hydrogens (tertiary/aromatic N) is 1. The normalized spacial score (nSPS) is 15.2. The summed E-state index contributed by atoms with van der Waals surface area (Å²) < 4.78 is 43.1. The molecule has 0 spiro atoms. The highest BCUT2D eigenvalue weighted by molar-refractivity contribution is 6.23. The van der Waals surface area contributed by atoms with Crippen LogP contribution in [-0.4, -0.2) is 4.98 Å². The van der Waals surface area contributed by atoms with Gasteiger partial charge in [-0.1, -0.05) is 96.1 Å². The molecule has 2 heterocycles. The van der Waals surface area contributed by atoms with E-state index in [4.69, 9.17) is 14.9 Å². The summed E-state index contributed by atoms with van der Waals surface area (Å²) in [5, 5.41) is 6.41. The van der Waals surface area contributed by atoms with Gasteiger partial charge in [0.05, 0.1) is 5.69 Å². The Balaban J connectivity index is 1.66. The van der Waals surface area contributed by atoms with Crippen molar-refractivity contribution in [1.29, 1.82) is 0 Å². The maximum Gasteiger partial charge on any atom is 0.144 e. The van der Waals surface area contributed by atoms with E-state index in [1.54, 1.807) is 6.07 Å². The Labute approximate surface area is 224 Å². The van der Waals surface area contributed by atoms with Gasteiger partial charge in [0.15, 0.2) is 0 Å². The van der Waals surface area contributed by atoms with E-state index in [0.717, 1.165) is 43.5 Å². The van der Waals surface area contributed by atoms with E-state index in [-0.39, 0.29) is 5.56 Å². The number of aromatic nitrogens is 1. The smallest absolute Gasteiger partial charge is 0.144 e. The van der Waals surface area contributed by atoms with Gasteiger partial charge < -0.3 is 4.42 Å². The van der Waals surface area contributed by atoms with E-state index in [0.29, 0.717) is 16.8 Å². The first-order valence-electron chi connectivity index (χ1n) is 14.9. The fraction of sp³-hybridized carbons (Fsp3) is 0.286. The molecule has 2 nitrogen and oxygen atoms in total. The first-order valence-corrected chi connectivity index (χ1v) is 12.9. The van der Waals surface area contributed by atoms with Gasteiger partial charge >= 0.3 is 0 Å². The average Bonchev–Trinajstić information content (AvgIpc) is 3.30. The van der Waals surface area contributed by atoms with E-state index in [1.807, 2.05) is 71.9 Å². The van der Waals surface area contributed by atoms with Crippen LogP contribution in [0.1, 0.15) is 58.2 Å². The molecular formula is C35H35NO. The quantitative estimate of drug-likeness (QED) is 0.231. The van der Waals surface area contributed by atoms with Crippen molar-refractivity contribution < 1.29 is 9.90 Å². The summed E-state index contributed by atoms with van der Waals surface area (Å²) in [6.07, 6.45) is -2.10. The third-order valence-corrected chi connectivity index (χ3v) is 6.57. The van der Waals surface area contributed by atoms with E-state index in [9.17, 15) is 0 Å². The standard InChI is InChI=1S/C35H35NO/c1-34(2,3)19-24-18-30(36-21-25(24)20-35(4,5)6)29-13-9-12-27-28-17-16-23-15-14-22-10-7-8-11-26(22)31(23)33(28)37-32(27)29/h7-18,21H,19-20H2,1-6H3/i19D2,20D2. The number of furan rings is 1. The van der Waals surface area contributed by atoms with Crippen LogP contribution in [0.4, 0.5) is 0 Å². The molecule has 2 aromatic heterocycles. The van der Waals surface area contributed by atoms with Crippen molar-refractivity contribution >= 4 is 43.5 Å². The minimum absolute atomic E-state index is 0.280. The average molecular weight is 490 g/mol. The molecule has 0 aliphatic rings. The van der Waals surface area contributed by atoms with Gasteiger partial charge in [-0.25, -0.2) is 0 Å². The highest BCUT2D eigenvalue weighted by Crippen LogP contribution is 2.41. The first-order chi connectivity index (χ1) is 19.1. The van der Waals surface area contributed by atoms with Crippen molar-refractivity contribution in [3.63, 3.8) is 0 Å². The maximum absolute atomic E-state index is 9.17. The summed E-state index contributed by atoms with van der Waals surface area (Å²) in [6, 6.07) is 24.5. The predicted molar refractivity (Wildman–Crippen MR) is 158 cm³/mol. The SMILES string of the molecule is [2H]C([2H])(c1cnc(-c2cccc3c2oc2c3ccc3ccc4ccccc4c32)cc1C([2H])([2H])C(C)(C)C)C(C)(C)C. The molecule has 0 N–H and O–H groups in total. The van der Waals surface area contributed by atoms with E-state index in [1.165, 1.54) is 6.20 Å². The van der Waals surface area contributed by atoms with Crippen LogP contribution in [0.2, 0.25) is 0 Å². The second-order valence-corrected chi connectivity index (χ2v) is 12.0. The lowest BCUT2D eigenvalue weighted by Gasteiger charge is -2.24. The Morgan fingerprint density at radius 2 is 1.32 bits per heavy atom. The molecule has 6 rings (SSSR count). The van der Waals surface area contributed by atoms with Crippen molar-refractivity contribution in [1.82, 2.24) is 4.98 Å². The van der Waals surface area contributed by atoms with Crippen LogP contribution in [0.15, 0.2) is 83.4 Å². The number of benzene rings is 4. The van der Waals surface area contributed by atoms with Gasteiger partial charge in [0.1, 0.15) is 11.2 Å². The lowest BCUT2D eigenvalue weighted by Crippen LogP contribution is -2.15. The Kier molecular flexibility index (Phi) is 4.44. The van der Waals surface area contributed by atoms with Crippen molar-refractivity contribution in [2.24, 2.45) is 10.8 Å². The van der Waals surface area contributed by atoms with Crippen LogP contribution in [0.5, 0.6) is 0 Å². The van der Waals surface area contributed by atoms with E-state index < -0.39 is 23.6 Å². The minimum atomic E-state index is -1.82. The molecule has 0 saturated heterocycles. The number of pyridine rings is 1. The van der Waals surface area contributed by atoms with Crippen LogP contribution in [0.25, 0.3) is 54.7 Å². The molecule has 0 aliphatic heterocycles. The third kappa shape index (κ3) is 4.39. The Hall–Kier alpha value is -3.65. The molecule has 0 amide bonds. The number of hydrogen-bond donors (Lipinski definition) is 0. The topological polar surface area (TPSA) is 26.0 Å². The lowest BCUT2D eigenvalue weighted by atomic mass is 9.81. The highest BCUT2D eigenvalue weighted by atomic mass is 16.3. The van der Waals surface area contributed by atoms with Gasteiger partial charge in [0.2, 0.25) is 0 Å². The Morgan fingerprint density at radius 3 is 2.11 bits per heavy atom. The highest BCUT2D eigenvalue weighted by Gasteiger charge is 2.21. The zero-order valence-electron chi connectivity index (χ0n) is 26.4. The van der Waals surface area contributed by atoms with Gasteiger partial charge in [-0.3, -0.25) is 4.98 Å². The summed E-state index contributed by atoms with van der Waals surface area (Å²) in [7, 11) is 0. The van der Waals surface area contributed by atoms with Crippen LogP contribution >= 0.6 is 0 Å². The zero-order chi connectivity index (χ0) is 29.5. The van der Waals surface area contributed by atoms with Crippen LogP contribution in [-0.2, 0) is 12.7 Å². The van der Waals surface area contributed by atoms with Gasteiger partial charge in [0.25, 0.3) is 0 Å². The number of para-hydroxylation sites is 1. The molecular weight excluding hydrogens is 450 g/mol. The summed E-state index contributed by atoms with van der Waals surface area (Å²) >= 11 is 0. The molecule has 0 unspecified atom stereocenters. The lowest BCUT2D eigenvalue weighted by molar-refractivity contribution is 0.392. The summed E-state index contributed by atoms with van der Waals surface area (Å²) in [5.74, 6) is 0.